The van der Waals surface area contributed by atoms with Crippen LogP contribution in [0.5, 0.6) is 5.75 Å². The van der Waals surface area contributed by atoms with Crippen LogP contribution < -0.4 is 4.74 Å². The maximum absolute atomic E-state index is 13.0. The molecule has 1 aromatic heterocycles. The van der Waals surface area contributed by atoms with Crippen LogP contribution in [0.25, 0.3) is 0 Å². The molecule has 5 heterocycles. The summed E-state index contributed by atoms with van der Waals surface area (Å²) in [7, 11) is 0. The van der Waals surface area contributed by atoms with Gasteiger partial charge in [-0.1, -0.05) is 23.7 Å². The largest absolute Gasteiger partial charge is 0.514 e. The molecule has 1 aromatic carbocycles. The van der Waals surface area contributed by atoms with Crippen molar-refractivity contribution in [1.82, 2.24) is 9.88 Å². The predicted molar refractivity (Wildman–Crippen MR) is 141 cm³/mol. The van der Waals surface area contributed by atoms with E-state index >= 15 is 0 Å². The topological polar surface area (TPSA) is 169 Å². The average Bonchev–Trinajstić information content (AvgIpc) is 3.66. The Morgan fingerprint density at radius 3 is 2.67 bits per heavy atom. The minimum atomic E-state index is -1.14. The van der Waals surface area contributed by atoms with Crippen molar-refractivity contribution in [2.24, 2.45) is 5.92 Å². The van der Waals surface area contributed by atoms with Crippen molar-refractivity contribution in [3.8, 4) is 5.75 Å². The maximum atomic E-state index is 13.0. The Bertz CT molecular complexity index is 1380. The quantitative estimate of drug-likeness (QED) is 0.288. The molecule has 14 nitrogen and oxygen atoms in total. The summed E-state index contributed by atoms with van der Waals surface area (Å²) in [6.07, 6.45) is -3.26. The van der Waals surface area contributed by atoms with E-state index in [1.54, 1.807) is 25.3 Å². The van der Waals surface area contributed by atoms with Crippen LogP contribution in [-0.4, -0.2) is 82.5 Å². The molecule has 4 aliphatic rings. The number of likely N-dealkylation sites (tertiary alicyclic amines) is 1. The summed E-state index contributed by atoms with van der Waals surface area (Å²) in [6, 6.07) is 6.64. The third-order valence-corrected chi connectivity index (χ3v) is 8.50. The van der Waals surface area contributed by atoms with E-state index in [1.807, 2.05) is 12.1 Å². The van der Waals surface area contributed by atoms with Gasteiger partial charge in [0.15, 0.2) is 11.9 Å². The SMILES string of the molecule is Cc1ncc2c(c1OC(=O)OC1COC3C(C4CC(O[N+](=O)[O-])CCN4C(=O)O)COC13)COC2c1ccc(Cl)cc1. The Morgan fingerprint density at radius 1 is 1.17 bits per heavy atom. The van der Waals surface area contributed by atoms with Gasteiger partial charge in [-0.2, -0.15) is 0 Å². The van der Waals surface area contributed by atoms with Gasteiger partial charge in [0.1, 0.15) is 18.3 Å². The minimum Gasteiger partial charge on any atom is -0.465 e. The summed E-state index contributed by atoms with van der Waals surface area (Å²) in [5, 5.41) is 20.3. The number of amides is 1. The van der Waals surface area contributed by atoms with Gasteiger partial charge >= 0.3 is 12.2 Å². The Labute approximate surface area is 244 Å². The first-order chi connectivity index (χ1) is 20.2. The summed E-state index contributed by atoms with van der Waals surface area (Å²) < 4.78 is 29.1. The molecule has 3 saturated heterocycles. The van der Waals surface area contributed by atoms with E-state index in [0.717, 1.165) is 11.1 Å². The molecule has 224 valence electrons. The van der Waals surface area contributed by atoms with Crippen molar-refractivity contribution in [3.05, 3.63) is 68.0 Å². The lowest BCUT2D eigenvalue weighted by Crippen LogP contribution is -2.53. The van der Waals surface area contributed by atoms with E-state index in [1.165, 1.54) is 4.90 Å². The van der Waals surface area contributed by atoms with Gasteiger partial charge in [-0.05, 0) is 37.5 Å². The minimum absolute atomic E-state index is 0.0153. The lowest BCUT2D eigenvalue weighted by Gasteiger charge is -2.40. The van der Waals surface area contributed by atoms with Crippen molar-refractivity contribution < 1.29 is 48.3 Å². The van der Waals surface area contributed by atoms with Crippen molar-refractivity contribution in [2.45, 2.75) is 62.9 Å². The molecular formula is C27H28ClN3O11. The average molecular weight is 606 g/mol. The monoisotopic (exact) mass is 605 g/mol. The number of benzene rings is 1. The zero-order valence-corrected chi connectivity index (χ0v) is 23.2. The number of halogens is 1. The van der Waals surface area contributed by atoms with Crippen LogP contribution in [0.15, 0.2) is 30.5 Å². The Kier molecular flexibility index (Phi) is 7.79. The summed E-state index contributed by atoms with van der Waals surface area (Å²) in [4.78, 5) is 46.1. The van der Waals surface area contributed by atoms with Crippen molar-refractivity contribution in [1.29, 1.82) is 0 Å². The molecule has 0 aliphatic carbocycles. The number of piperidine rings is 1. The highest BCUT2D eigenvalue weighted by Gasteiger charge is 2.54. The van der Waals surface area contributed by atoms with E-state index in [9.17, 15) is 24.8 Å². The molecular weight excluding hydrogens is 578 g/mol. The van der Waals surface area contributed by atoms with Gasteiger partial charge in [0.25, 0.3) is 5.09 Å². The van der Waals surface area contributed by atoms with Crippen LogP contribution in [0.1, 0.15) is 41.3 Å². The van der Waals surface area contributed by atoms with Crippen LogP contribution in [0.3, 0.4) is 0 Å². The van der Waals surface area contributed by atoms with Gasteiger partial charge in [-0.25, -0.2) is 9.59 Å². The second-order valence-corrected chi connectivity index (χ2v) is 11.1. The van der Waals surface area contributed by atoms with Crippen LogP contribution in [0.4, 0.5) is 9.59 Å². The predicted octanol–water partition coefficient (Wildman–Crippen LogP) is 3.68. The normalized spacial score (nSPS) is 30.0. The zero-order valence-electron chi connectivity index (χ0n) is 22.4. The molecule has 0 radical (unpaired) electrons. The van der Waals surface area contributed by atoms with E-state index < -0.39 is 59.8 Å². The molecule has 15 heteroatoms. The first kappa shape index (κ1) is 28.4. The van der Waals surface area contributed by atoms with Crippen molar-refractivity contribution >= 4 is 23.8 Å². The van der Waals surface area contributed by atoms with Crippen LogP contribution in [0, 0.1) is 23.0 Å². The van der Waals surface area contributed by atoms with Crippen molar-refractivity contribution in [3.63, 3.8) is 0 Å². The highest BCUT2D eigenvalue weighted by Crippen LogP contribution is 2.42. The third-order valence-electron chi connectivity index (χ3n) is 8.25. The van der Waals surface area contributed by atoms with Gasteiger partial charge in [0.2, 0.25) is 0 Å². The molecule has 0 saturated carbocycles. The molecule has 0 spiro atoms. The van der Waals surface area contributed by atoms with Gasteiger partial charge in [0.05, 0.1) is 31.6 Å². The van der Waals surface area contributed by atoms with Crippen molar-refractivity contribution in [2.75, 3.05) is 19.8 Å². The molecule has 1 amide bonds. The van der Waals surface area contributed by atoms with Gasteiger partial charge in [-0.3, -0.25) is 4.98 Å². The first-order valence-corrected chi connectivity index (χ1v) is 13.8. The summed E-state index contributed by atoms with van der Waals surface area (Å²) >= 11 is 6.02. The summed E-state index contributed by atoms with van der Waals surface area (Å²) in [5.41, 5.74) is 2.83. The molecule has 42 heavy (non-hydrogen) atoms. The number of aromatic nitrogens is 1. The van der Waals surface area contributed by atoms with E-state index in [0.29, 0.717) is 16.3 Å². The zero-order chi connectivity index (χ0) is 29.5. The highest BCUT2D eigenvalue weighted by molar-refractivity contribution is 6.30. The molecule has 4 aliphatic heterocycles. The van der Waals surface area contributed by atoms with Crippen LogP contribution in [0.2, 0.25) is 5.02 Å². The molecule has 7 atom stereocenters. The smallest absolute Gasteiger partial charge is 0.465 e. The number of carbonyl (C=O) groups is 2. The second-order valence-electron chi connectivity index (χ2n) is 10.6. The molecule has 7 unspecified atom stereocenters. The molecule has 1 N–H and O–H groups in total. The summed E-state index contributed by atoms with van der Waals surface area (Å²) in [6.45, 7) is 2.14. The highest BCUT2D eigenvalue weighted by atomic mass is 35.5. The Hall–Kier alpha value is -3.72. The molecule has 0 bridgehead atoms. The first-order valence-electron chi connectivity index (χ1n) is 13.5. The lowest BCUT2D eigenvalue weighted by molar-refractivity contribution is -0.769. The van der Waals surface area contributed by atoms with E-state index in [-0.39, 0.29) is 45.0 Å². The standard InChI is InChI=1S/C27H28ClN3O11/c1-13-22(18-10-37-23(17(18)9-29-13)14-2-4-15(28)5-3-14)41-27(34)40-21-12-39-24-19(11-38-25(21)24)20-8-16(42-31(35)36)6-7-30(20)26(32)33/h2-5,9,16,19-21,23-25H,6-8,10-12H2,1H3,(H,32,33). The number of nitrogens with zero attached hydrogens (tertiary/aromatic N) is 3. The fraction of sp³-hybridized carbons (Fsp3) is 0.519. The number of rotatable bonds is 6. The Morgan fingerprint density at radius 2 is 1.93 bits per heavy atom. The number of hydrogen-bond acceptors (Lipinski definition) is 11. The number of ether oxygens (including phenoxy) is 5. The molecule has 6 rings (SSSR count). The fourth-order valence-corrected chi connectivity index (χ4v) is 6.44. The van der Waals surface area contributed by atoms with Gasteiger partial charge in [-0.15, -0.1) is 10.1 Å². The van der Waals surface area contributed by atoms with Crippen LogP contribution in [-0.2, 0) is 30.4 Å². The number of pyridine rings is 1. The van der Waals surface area contributed by atoms with Gasteiger partial charge in [0, 0.05) is 40.9 Å². The molecule has 3 fully saturated rings. The maximum Gasteiger partial charge on any atom is 0.514 e. The number of carbonyl (C=O) groups excluding carboxylic acids is 1. The van der Waals surface area contributed by atoms with E-state index in [4.69, 9.17) is 40.1 Å². The molecule has 2 aromatic rings. The van der Waals surface area contributed by atoms with Gasteiger partial charge < -0.3 is 38.5 Å². The third kappa shape index (κ3) is 5.42. The number of hydrogen-bond donors (Lipinski definition) is 1. The van der Waals surface area contributed by atoms with Crippen LogP contribution >= 0.6 is 11.6 Å². The summed E-state index contributed by atoms with van der Waals surface area (Å²) in [5.74, 6) is -0.176. The number of aryl methyl sites for hydroxylation is 1. The fourth-order valence-electron chi connectivity index (χ4n) is 6.31. The lowest BCUT2D eigenvalue weighted by atomic mass is 9.85. The number of fused-ring (bicyclic) bond motifs is 2. The Balaban J connectivity index is 1.12. The van der Waals surface area contributed by atoms with E-state index in [2.05, 4.69) is 4.98 Å². The second kappa shape index (κ2) is 11.5. The number of carboxylic acid groups (broad SMARTS) is 1.